The molecule has 11 nitrogen and oxygen atoms in total. The second-order valence-corrected chi connectivity index (χ2v) is 18.9. The summed E-state index contributed by atoms with van der Waals surface area (Å²) >= 11 is 0. The molecule has 1 aliphatic heterocycles. The van der Waals surface area contributed by atoms with Crippen molar-refractivity contribution < 1.29 is 50.0 Å². The molecule has 1 aliphatic rings. The van der Waals surface area contributed by atoms with Gasteiger partial charge >= 0.3 is 0 Å². The van der Waals surface area contributed by atoms with Crippen LogP contribution in [0, 0.1) is 0 Å². The molecule has 378 valence electrons. The van der Waals surface area contributed by atoms with Crippen LogP contribution in [0.4, 0.5) is 0 Å². The van der Waals surface area contributed by atoms with Crippen LogP contribution in [-0.4, -0.2) is 110 Å². The zero-order chi connectivity index (χ0) is 46.9. The Morgan fingerprint density at radius 1 is 0.531 bits per heavy atom. The normalized spacial score (nSPS) is 21.2. The Bertz CT molecular complexity index is 1090. The molecule has 9 unspecified atom stereocenters. The number of aliphatic hydroxyl groups excluding tert-OH is 7. The van der Waals surface area contributed by atoms with E-state index in [4.69, 9.17) is 9.47 Å². The fourth-order valence-corrected chi connectivity index (χ4v) is 8.58. The number of amides is 1. The second-order valence-electron chi connectivity index (χ2n) is 18.9. The summed E-state index contributed by atoms with van der Waals surface area (Å²) in [5.41, 5.74) is 0. The van der Waals surface area contributed by atoms with Crippen molar-refractivity contribution in [2.24, 2.45) is 0 Å². The SMILES string of the molecule is CCCCCCCCC/C=C/CC/C=C/CCCC(O)C(O)C(COC1OC(CO)C(O)C(O)C1O)NC(=O)C(O)CCCCCCCCCCCCCCCCCCCCCCC. The van der Waals surface area contributed by atoms with E-state index in [1.807, 2.05) is 0 Å². The van der Waals surface area contributed by atoms with Gasteiger partial charge in [0.15, 0.2) is 6.29 Å². The Morgan fingerprint density at radius 3 is 1.39 bits per heavy atom. The molecule has 8 N–H and O–H groups in total. The molecule has 1 fully saturated rings. The van der Waals surface area contributed by atoms with Gasteiger partial charge in [0.05, 0.1) is 25.4 Å². The van der Waals surface area contributed by atoms with Crippen LogP contribution in [0.25, 0.3) is 0 Å². The van der Waals surface area contributed by atoms with Crippen molar-refractivity contribution in [3.63, 3.8) is 0 Å². The van der Waals surface area contributed by atoms with Crippen molar-refractivity contribution >= 4 is 5.91 Å². The highest BCUT2D eigenvalue weighted by atomic mass is 16.7. The zero-order valence-electron chi connectivity index (χ0n) is 41.0. The lowest BCUT2D eigenvalue weighted by Gasteiger charge is -2.40. The third kappa shape index (κ3) is 31.5. The Labute approximate surface area is 391 Å². The third-order valence-electron chi connectivity index (χ3n) is 13.0. The lowest BCUT2D eigenvalue weighted by molar-refractivity contribution is -0.303. The molecule has 0 spiro atoms. The number of carbonyl (C=O) groups excluding carboxylic acids is 1. The maximum atomic E-state index is 13.1. The molecule has 0 bridgehead atoms. The monoisotopic (exact) mass is 912 g/mol. The molecule has 0 aromatic carbocycles. The Balaban J connectivity index is 2.38. The third-order valence-corrected chi connectivity index (χ3v) is 13.0. The molecular weight excluding hydrogens is 811 g/mol. The maximum absolute atomic E-state index is 13.1. The highest BCUT2D eigenvalue weighted by Crippen LogP contribution is 2.23. The van der Waals surface area contributed by atoms with E-state index >= 15 is 0 Å². The number of aliphatic hydroxyl groups is 7. The second kappa shape index (κ2) is 42.9. The minimum Gasteiger partial charge on any atom is -0.394 e. The Hall–Kier alpha value is -1.41. The molecule has 0 aromatic heterocycles. The van der Waals surface area contributed by atoms with Crippen molar-refractivity contribution in [3.05, 3.63) is 24.3 Å². The molecule has 1 saturated heterocycles. The first-order chi connectivity index (χ1) is 31.2. The van der Waals surface area contributed by atoms with Crippen molar-refractivity contribution in [2.45, 2.75) is 294 Å². The Kier molecular flexibility index (Phi) is 40.6. The van der Waals surface area contributed by atoms with Crippen molar-refractivity contribution in [1.29, 1.82) is 0 Å². The molecule has 1 amide bonds. The minimum absolute atomic E-state index is 0.248. The predicted octanol–water partition coefficient (Wildman–Crippen LogP) is 10.2. The van der Waals surface area contributed by atoms with Crippen molar-refractivity contribution in [2.75, 3.05) is 13.2 Å². The van der Waals surface area contributed by atoms with Crippen LogP contribution >= 0.6 is 0 Å². The molecule has 1 rings (SSSR count). The minimum atomic E-state index is -1.67. The number of unbranched alkanes of at least 4 members (excludes halogenated alkanes) is 29. The number of nitrogens with one attached hydrogen (secondary N) is 1. The molecule has 0 saturated carbocycles. The number of ether oxygens (including phenoxy) is 2. The summed E-state index contributed by atoms with van der Waals surface area (Å²) in [6.07, 6.45) is 38.0. The summed E-state index contributed by atoms with van der Waals surface area (Å²) in [6.45, 7) is 3.44. The molecule has 11 heteroatoms. The summed E-state index contributed by atoms with van der Waals surface area (Å²) in [5.74, 6) is -0.707. The van der Waals surface area contributed by atoms with Crippen LogP contribution in [0.1, 0.15) is 239 Å². The first kappa shape index (κ1) is 60.6. The van der Waals surface area contributed by atoms with Crippen molar-refractivity contribution in [3.8, 4) is 0 Å². The number of allylic oxidation sites excluding steroid dienone is 4. The smallest absolute Gasteiger partial charge is 0.249 e. The van der Waals surface area contributed by atoms with Gasteiger partial charge in [0, 0.05) is 0 Å². The molecule has 0 radical (unpaired) electrons. The molecule has 0 aliphatic carbocycles. The topological polar surface area (TPSA) is 189 Å². The van der Waals surface area contributed by atoms with Gasteiger partial charge in [0.25, 0.3) is 0 Å². The van der Waals surface area contributed by atoms with Gasteiger partial charge in [0.2, 0.25) is 5.91 Å². The average molecular weight is 912 g/mol. The van der Waals surface area contributed by atoms with E-state index in [0.717, 1.165) is 38.5 Å². The summed E-state index contributed by atoms with van der Waals surface area (Å²) in [7, 11) is 0. The molecule has 9 atom stereocenters. The van der Waals surface area contributed by atoms with Crippen LogP contribution < -0.4 is 5.32 Å². The van der Waals surface area contributed by atoms with E-state index in [1.54, 1.807) is 0 Å². The van der Waals surface area contributed by atoms with Crippen LogP contribution in [0.15, 0.2) is 24.3 Å². The van der Waals surface area contributed by atoms with Gasteiger partial charge in [-0.15, -0.1) is 0 Å². The number of hydrogen-bond acceptors (Lipinski definition) is 10. The fraction of sp³-hybridized carbons (Fsp3) is 0.906. The van der Waals surface area contributed by atoms with Gasteiger partial charge in [-0.2, -0.15) is 0 Å². The molecular formula is C53H101NO10. The predicted molar refractivity (Wildman–Crippen MR) is 261 cm³/mol. The van der Waals surface area contributed by atoms with Crippen LogP contribution in [0.3, 0.4) is 0 Å². The average Bonchev–Trinajstić information content (AvgIpc) is 3.29. The first-order valence-electron chi connectivity index (χ1n) is 26.7. The zero-order valence-corrected chi connectivity index (χ0v) is 41.0. The van der Waals surface area contributed by atoms with E-state index in [2.05, 4.69) is 43.5 Å². The van der Waals surface area contributed by atoms with E-state index in [-0.39, 0.29) is 12.8 Å². The number of carbonyl (C=O) groups is 1. The van der Waals surface area contributed by atoms with Gasteiger partial charge in [-0.05, 0) is 51.4 Å². The first-order valence-corrected chi connectivity index (χ1v) is 26.7. The van der Waals surface area contributed by atoms with E-state index in [0.29, 0.717) is 19.3 Å². The van der Waals surface area contributed by atoms with Crippen LogP contribution in [0.2, 0.25) is 0 Å². The molecule has 64 heavy (non-hydrogen) atoms. The fourth-order valence-electron chi connectivity index (χ4n) is 8.58. The number of rotatable bonds is 45. The summed E-state index contributed by atoms with van der Waals surface area (Å²) in [6, 6.07) is -1.19. The van der Waals surface area contributed by atoms with Gasteiger partial charge in [-0.1, -0.05) is 212 Å². The lowest BCUT2D eigenvalue weighted by Crippen LogP contribution is -2.60. The summed E-state index contributed by atoms with van der Waals surface area (Å²) in [4.78, 5) is 13.1. The van der Waals surface area contributed by atoms with E-state index < -0.39 is 74.2 Å². The molecule has 0 aromatic rings. The largest absolute Gasteiger partial charge is 0.394 e. The van der Waals surface area contributed by atoms with Crippen LogP contribution in [0.5, 0.6) is 0 Å². The maximum Gasteiger partial charge on any atom is 0.249 e. The van der Waals surface area contributed by atoms with Crippen molar-refractivity contribution in [1.82, 2.24) is 5.32 Å². The van der Waals surface area contributed by atoms with Gasteiger partial charge in [-0.3, -0.25) is 4.79 Å². The van der Waals surface area contributed by atoms with E-state index in [1.165, 1.54) is 154 Å². The number of hydrogen-bond donors (Lipinski definition) is 8. The highest BCUT2D eigenvalue weighted by Gasteiger charge is 2.44. The Morgan fingerprint density at radius 2 is 0.938 bits per heavy atom. The van der Waals surface area contributed by atoms with Gasteiger partial charge < -0.3 is 50.5 Å². The highest BCUT2D eigenvalue weighted by molar-refractivity contribution is 5.80. The quantitative estimate of drug-likeness (QED) is 0.0216. The van der Waals surface area contributed by atoms with Gasteiger partial charge in [0.1, 0.15) is 36.6 Å². The summed E-state index contributed by atoms with van der Waals surface area (Å²) < 4.78 is 11.1. The van der Waals surface area contributed by atoms with Gasteiger partial charge in [-0.25, -0.2) is 0 Å². The lowest BCUT2D eigenvalue weighted by atomic mass is 9.98. The summed E-state index contributed by atoms with van der Waals surface area (Å²) in [5, 5.41) is 75.9. The molecule has 1 heterocycles. The standard InChI is InChI=1S/C53H101NO10/c1-3-5-7-9-11-13-15-17-19-21-22-23-24-25-27-29-31-33-35-37-39-41-46(57)52(62)54-44(43-63-53-51(61)50(60)49(59)47(42-55)64-53)48(58)45(56)40-38-36-34-32-30-28-26-20-18-16-14-12-10-8-6-4-2/h20,26,32,34,44-51,53,55-61H,3-19,21-25,27-31,33,35-43H2,1-2H3,(H,54,62)/b26-20+,34-32+. The van der Waals surface area contributed by atoms with E-state index in [9.17, 15) is 40.5 Å². The van der Waals surface area contributed by atoms with Crippen LogP contribution in [-0.2, 0) is 14.3 Å².